The minimum atomic E-state index is -0.615. The van der Waals surface area contributed by atoms with Crippen molar-refractivity contribution < 1.29 is 14.0 Å². The van der Waals surface area contributed by atoms with Gasteiger partial charge in [0.15, 0.2) is 5.78 Å². The zero-order chi connectivity index (χ0) is 21.5. The van der Waals surface area contributed by atoms with Gasteiger partial charge in [-0.15, -0.1) is 0 Å². The average molecular weight is 408 g/mol. The molecule has 3 aromatic rings. The molecule has 0 spiro atoms. The minimum absolute atomic E-state index is 0.0392. The van der Waals surface area contributed by atoms with Crippen LogP contribution in [0.3, 0.4) is 0 Å². The van der Waals surface area contributed by atoms with Gasteiger partial charge >= 0.3 is 0 Å². The van der Waals surface area contributed by atoms with Crippen LogP contribution in [0.1, 0.15) is 52.2 Å². The molecular formula is C22H21FN4O3. The number of Topliss-reactive ketones (excluding diaryl/α,β-unsaturated/α-hetero) is 1. The number of benzene rings is 1. The van der Waals surface area contributed by atoms with E-state index >= 15 is 0 Å². The summed E-state index contributed by atoms with van der Waals surface area (Å²) in [6, 6.07) is 5.95. The van der Waals surface area contributed by atoms with Gasteiger partial charge in [-0.1, -0.05) is 19.9 Å². The Hall–Kier alpha value is -3.55. The van der Waals surface area contributed by atoms with E-state index in [0.717, 1.165) is 0 Å². The Labute approximate surface area is 172 Å². The molecule has 0 radical (unpaired) electrons. The molecule has 0 bridgehead atoms. The molecule has 1 aromatic carbocycles. The van der Waals surface area contributed by atoms with Gasteiger partial charge in [-0.25, -0.2) is 9.37 Å². The van der Waals surface area contributed by atoms with Crippen molar-refractivity contribution in [2.45, 2.75) is 33.2 Å². The van der Waals surface area contributed by atoms with Gasteiger partial charge in [-0.3, -0.25) is 14.4 Å². The number of amides is 1. The van der Waals surface area contributed by atoms with Crippen LogP contribution in [0.4, 0.5) is 4.39 Å². The van der Waals surface area contributed by atoms with E-state index in [1.54, 1.807) is 29.1 Å². The number of imidazole rings is 1. The van der Waals surface area contributed by atoms with E-state index in [1.807, 2.05) is 13.8 Å². The number of carbonyl (C=O) groups is 2. The molecular weight excluding hydrogens is 387 g/mol. The molecule has 0 saturated carbocycles. The Morgan fingerprint density at radius 3 is 2.77 bits per heavy atom. The quantitative estimate of drug-likeness (QED) is 0.694. The Morgan fingerprint density at radius 2 is 2.07 bits per heavy atom. The molecule has 7 nitrogen and oxygen atoms in total. The molecule has 30 heavy (non-hydrogen) atoms. The second kappa shape index (κ2) is 7.37. The molecule has 4 rings (SSSR count). The highest BCUT2D eigenvalue weighted by Crippen LogP contribution is 2.33. The Kier molecular flexibility index (Phi) is 4.85. The van der Waals surface area contributed by atoms with E-state index in [1.165, 1.54) is 18.5 Å². The van der Waals surface area contributed by atoms with Crippen LogP contribution in [-0.4, -0.2) is 26.2 Å². The first kappa shape index (κ1) is 19.8. The molecule has 0 atom stereocenters. The molecule has 154 valence electrons. The summed E-state index contributed by atoms with van der Waals surface area (Å²) >= 11 is 0. The summed E-state index contributed by atoms with van der Waals surface area (Å²) in [5.41, 5.74) is 0.927. The number of nitrogens with one attached hydrogen (secondary N) is 2. The van der Waals surface area contributed by atoms with Crippen molar-refractivity contribution in [3.63, 3.8) is 0 Å². The number of hydrogen-bond donors (Lipinski definition) is 2. The van der Waals surface area contributed by atoms with E-state index < -0.39 is 17.3 Å². The standard InChI is InChI=1S/C22H21FN4O3/c1-22(2)9-17-14(19(28)10-22)8-15(21(30)26-17)20(29)25-11-13-3-4-18(16(23)7-13)27-6-5-24-12-27/h3-8,12H,9-11H2,1-2H3,(H,25,29)(H,26,30). The fraction of sp³-hybridized carbons (Fsp3) is 0.273. The van der Waals surface area contributed by atoms with Gasteiger partial charge in [0.2, 0.25) is 0 Å². The van der Waals surface area contributed by atoms with Crippen LogP contribution in [0.5, 0.6) is 0 Å². The molecule has 8 heteroatoms. The van der Waals surface area contributed by atoms with Crippen molar-refractivity contribution in [1.29, 1.82) is 0 Å². The third kappa shape index (κ3) is 3.80. The summed E-state index contributed by atoms with van der Waals surface area (Å²) in [5, 5.41) is 2.62. The maximum Gasteiger partial charge on any atom is 0.261 e. The van der Waals surface area contributed by atoms with Crippen LogP contribution in [0.2, 0.25) is 0 Å². The molecule has 2 N–H and O–H groups in total. The Morgan fingerprint density at radius 1 is 1.27 bits per heavy atom. The Bertz CT molecular complexity index is 1200. The van der Waals surface area contributed by atoms with E-state index in [9.17, 15) is 18.8 Å². The number of aromatic nitrogens is 3. The smallest absolute Gasteiger partial charge is 0.261 e. The van der Waals surface area contributed by atoms with Crippen molar-refractivity contribution in [3.05, 3.63) is 81.5 Å². The van der Waals surface area contributed by atoms with Crippen molar-refractivity contribution in [2.24, 2.45) is 5.41 Å². The minimum Gasteiger partial charge on any atom is -0.348 e. The lowest BCUT2D eigenvalue weighted by Crippen LogP contribution is -2.34. The first-order valence-corrected chi connectivity index (χ1v) is 9.58. The number of nitrogens with zero attached hydrogens (tertiary/aromatic N) is 2. The lowest BCUT2D eigenvalue weighted by atomic mass is 9.75. The molecule has 0 fully saturated rings. The highest BCUT2D eigenvalue weighted by atomic mass is 19.1. The zero-order valence-corrected chi connectivity index (χ0v) is 16.7. The monoisotopic (exact) mass is 408 g/mol. The van der Waals surface area contributed by atoms with Crippen LogP contribution in [0, 0.1) is 11.2 Å². The number of halogens is 1. The molecule has 1 amide bonds. The normalized spacial score (nSPS) is 15.0. The first-order chi connectivity index (χ1) is 14.2. The first-order valence-electron chi connectivity index (χ1n) is 9.58. The van der Waals surface area contributed by atoms with Gasteiger partial charge in [0, 0.05) is 36.6 Å². The summed E-state index contributed by atoms with van der Waals surface area (Å²) in [6.07, 6.45) is 5.59. The van der Waals surface area contributed by atoms with Gasteiger partial charge in [0.25, 0.3) is 11.5 Å². The molecule has 0 unspecified atom stereocenters. The van der Waals surface area contributed by atoms with Crippen LogP contribution in [0.25, 0.3) is 5.69 Å². The molecule has 0 saturated heterocycles. The van der Waals surface area contributed by atoms with Gasteiger partial charge in [-0.05, 0) is 35.6 Å². The number of hydrogen-bond acceptors (Lipinski definition) is 4. The van der Waals surface area contributed by atoms with E-state index in [-0.39, 0.29) is 23.3 Å². The van der Waals surface area contributed by atoms with Crippen LogP contribution in [0.15, 0.2) is 47.8 Å². The van der Waals surface area contributed by atoms with Crippen molar-refractivity contribution >= 4 is 11.7 Å². The van der Waals surface area contributed by atoms with Gasteiger partial charge in [0.05, 0.1) is 12.0 Å². The number of rotatable bonds is 4. The van der Waals surface area contributed by atoms with E-state index in [2.05, 4.69) is 15.3 Å². The summed E-state index contributed by atoms with van der Waals surface area (Å²) in [7, 11) is 0. The predicted octanol–water partition coefficient (Wildman–Crippen LogP) is 2.78. The number of fused-ring (bicyclic) bond motifs is 1. The summed E-state index contributed by atoms with van der Waals surface area (Å²) < 4.78 is 15.9. The SMILES string of the molecule is CC1(C)CC(=O)c2cc(C(=O)NCc3ccc(-n4ccnc4)c(F)c3)c(=O)[nH]c2C1. The molecule has 1 aliphatic carbocycles. The summed E-state index contributed by atoms with van der Waals surface area (Å²) in [6.45, 7) is 3.96. The molecule has 2 aromatic heterocycles. The second-order valence-electron chi connectivity index (χ2n) is 8.28. The van der Waals surface area contributed by atoms with E-state index in [4.69, 9.17) is 0 Å². The number of pyridine rings is 1. The van der Waals surface area contributed by atoms with Crippen molar-refractivity contribution in [3.8, 4) is 5.69 Å². The number of aromatic amines is 1. The third-order valence-electron chi connectivity index (χ3n) is 5.21. The van der Waals surface area contributed by atoms with Gasteiger partial charge < -0.3 is 14.9 Å². The van der Waals surface area contributed by atoms with Crippen LogP contribution < -0.4 is 10.9 Å². The van der Waals surface area contributed by atoms with Gasteiger partial charge in [0.1, 0.15) is 11.4 Å². The lowest BCUT2D eigenvalue weighted by molar-refractivity contribution is 0.0910. The fourth-order valence-electron chi connectivity index (χ4n) is 3.75. The second-order valence-corrected chi connectivity index (χ2v) is 8.28. The lowest BCUT2D eigenvalue weighted by Gasteiger charge is -2.29. The summed E-state index contributed by atoms with van der Waals surface area (Å²) in [5.74, 6) is -1.17. The topological polar surface area (TPSA) is 96.8 Å². The zero-order valence-electron chi connectivity index (χ0n) is 16.7. The number of carbonyl (C=O) groups excluding carboxylic acids is 2. The van der Waals surface area contributed by atoms with Crippen LogP contribution in [-0.2, 0) is 13.0 Å². The Balaban J connectivity index is 1.51. The van der Waals surface area contributed by atoms with E-state index in [0.29, 0.717) is 35.3 Å². The average Bonchev–Trinajstić information content (AvgIpc) is 3.19. The maximum absolute atomic E-state index is 14.4. The largest absolute Gasteiger partial charge is 0.348 e. The number of ketones is 1. The van der Waals surface area contributed by atoms with Crippen molar-refractivity contribution in [1.82, 2.24) is 19.9 Å². The molecule has 2 heterocycles. The number of H-pyrrole nitrogens is 1. The highest BCUT2D eigenvalue weighted by molar-refractivity contribution is 6.02. The molecule has 0 aliphatic heterocycles. The van der Waals surface area contributed by atoms with Crippen molar-refractivity contribution in [2.75, 3.05) is 0 Å². The highest BCUT2D eigenvalue weighted by Gasteiger charge is 2.32. The summed E-state index contributed by atoms with van der Waals surface area (Å²) in [4.78, 5) is 44.0. The maximum atomic E-state index is 14.4. The third-order valence-corrected chi connectivity index (χ3v) is 5.21. The molecule has 1 aliphatic rings. The predicted molar refractivity (Wildman–Crippen MR) is 108 cm³/mol. The van der Waals surface area contributed by atoms with Crippen LogP contribution >= 0.6 is 0 Å². The van der Waals surface area contributed by atoms with Gasteiger partial charge in [-0.2, -0.15) is 0 Å². The fourth-order valence-corrected chi connectivity index (χ4v) is 3.75.